The molecule has 1 aromatic heterocycles. The average Bonchev–Trinajstić information content (AvgIpc) is 2.71. The number of hydrogen-bond donors (Lipinski definition) is 2. The van der Waals surface area contributed by atoms with Crippen molar-refractivity contribution in [3.63, 3.8) is 0 Å². The van der Waals surface area contributed by atoms with Gasteiger partial charge in [0.25, 0.3) is 0 Å². The number of carbonyl (C=O) groups is 1. The molecule has 3 rings (SSSR count). The lowest BCUT2D eigenvalue weighted by Crippen LogP contribution is -1.98. The Bertz CT molecular complexity index is 630. The van der Waals surface area contributed by atoms with Crippen molar-refractivity contribution in [1.82, 2.24) is 15.0 Å². The molecule has 0 saturated heterocycles. The second-order valence-electron chi connectivity index (χ2n) is 3.59. The van der Waals surface area contributed by atoms with Crippen LogP contribution in [0.15, 0.2) is 30.6 Å². The summed E-state index contributed by atoms with van der Waals surface area (Å²) in [5, 5.41) is 19.7. The normalized spacial score (nSPS) is 12.2. The fourth-order valence-electron chi connectivity index (χ4n) is 1.76. The summed E-state index contributed by atoms with van der Waals surface area (Å²) in [6, 6.07) is 4.89. The van der Waals surface area contributed by atoms with Crippen molar-refractivity contribution < 1.29 is 9.90 Å². The molecule has 84 valence electrons. The van der Waals surface area contributed by atoms with Gasteiger partial charge in [0.05, 0.1) is 17.5 Å². The monoisotopic (exact) mass is 228 g/mol. The van der Waals surface area contributed by atoms with Crippen molar-refractivity contribution in [3.05, 3.63) is 36.2 Å². The smallest absolute Gasteiger partial charge is 0.335 e. The molecular weight excluding hydrogens is 220 g/mol. The van der Waals surface area contributed by atoms with Crippen LogP contribution in [0.2, 0.25) is 0 Å². The molecule has 2 heterocycles. The Balaban J connectivity index is 2.25. The predicted octanol–water partition coefficient (Wildman–Crippen LogP) is 1.50. The molecule has 0 atom stereocenters. The van der Waals surface area contributed by atoms with Gasteiger partial charge in [-0.25, -0.2) is 9.48 Å². The van der Waals surface area contributed by atoms with Gasteiger partial charge in [-0.3, -0.25) is 0 Å². The highest BCUT2D eigenvalue weighted by Gasteiger charge is 2.15. The summed E-state index contributed by atoms with van der Waals surface area (Å²) in [5.74, 6) is -0.955. The highest BCUT2D eigenvalue weighted by Crippen LogP contribution is 2.30. The van der Waals surface area contributed by atoms with Crippen molar-refractivity contribution in [3.8, 4) is 11.3 Å². The molecule has 2 aromatic rings. The number of benzene rings is 1. The van der Waals surface area contributed by atoms with E-state index in [1.807, 2.05) is 0 Å². The largest absolute Gasteiger partial charge is 0.478 e. The third-order valence-electron chi connectivity index (χ3n) is 2.57. The number of carboxylic acid groups (broad SMARTS) is 1. The number of rotatable bonds is 1. The highest BCUT2D eigenvalue weighted by molar-refractivity contribution is 5.92. The fourth-order valence-corrected chi connectivity index (χ4v) is 1.76. The molecule has 2 N–H and O–H groups in total. The molecule has 1 aliphatic heterocycles. The van der Waals surface area contributed by atoms with E-state index in [0.717, 1.165) is 16.9 Å². The lowest BCUT2D eigenvalue weighted by molar-refractivity contribution is 0.0697. The minimum absolute atomic E-state index is 0.236. The zero-order chi connectivity index (χ0) is 11.8. The maximum absolute atomic E-state index is 10.9. The van der Waals surface area contributed by atoms with Crippen LogP contribution in [0.25, 0.3) is 17.5 Å². The summed E-state index contributed by atoms with van der Waals surface area (Å²) < 4.78 is 1.59. The maximum atomic E-state index is 10.9. The number of carboxylic acids is 1. The van der Waals surface area contributed by atoms with Crippen molar-refractivity contribution in [1.29, 1.82) is 0 Å². The van der Waals surface area contributed by atoms with E-state index in [2.05, 4.69) is 15.6 Å². The first kappa shape index (κ1) is 9.59. The lowest BCUT2D eigenvalue weighted by Gasteiger charge is -2.07. The number of nitrogens with zero attached hydrogens (tertiary/aromatic N) is 3. The summed E-state index contributed by atoms with van der Waals surface area (Å²) in [6.45, 7) is 0. The van der Waals surface area contributed by atoms with E-state index in [4.69, 9.17) is 5.11 Å². The molecule has 0 fully saturated rings. The van der Waals surface area contributed by atoms with Gasteiger partial charge in [-0.2, -0.15) is 0 Å². The number of aromatic nitrogens is 3. The Hall–Kier alpha value is -2.63. The van der Waals surface area contributed by atoms with Crippen LogP contribution in [0.3, 0.4) is 0 Å². The molecule has 1 aliphatic rings. The summed E-state index contributed by atoms with van der Waals surface area (Å²) in [6.07, 6.45) is 5.05. The Morgan fingerprint density at radius 3 is 3.12 bits per heavy atom. The first-order chi connectivity index (χ1) is 8.25. The van der Waals surface area contributed by atoms with Gasteiger partial charge in [-0.1, -0.05) is 5.21 Å². The van der Waals surface area contributed by atoms with E-state index in [0.29, 0.717) is 0 Å². The van der Waals surface area contributed by atoms with Crippen LogP contribution < -0.4 is 5.32 Å². The number of fused-ring (bicyclic) bond motifs is 3. The quantitative estimate of drug-likeness (QED) is 0.773. The number of nitrogens with one attached hydrogen (secondary N) is 1. The molecule has 0 bridgehead atoms. The van der Waals surface area contributed by atoms with Crippen LogP contribution in [-0.2, 0) is 0 Å². The highest BCUT2D eigenvalue weighted by atomic mass is 16.4. The van der Waals surface area contributed by atoms with E-state index in [1.165, 1.54) is 0 Å². The van der Waals surface area contributed by atoms with Crippen LogP contribution in [-0.4, -0.2) is 26.1 Å². The molecule has 1 aromatic carbocycles. The molecule has 17 heavy (non-hydrogen) atoms. The van der Waals surface area contributed by atoms with Gasteiger partial charge < -0.3 is 10.4 Å². The van der Waals surface area contributed by atoms with Gasteiger partial charge in [-0.15, -0.1) is 5.10 Å². The third-order valence-corrected chi connectivity index (χ3v) is 2.57. The zero-order valence-electron chi connectivity index (χ0n) is 8.66. The van der Waals surface area contributed by atoms with E-state index in [9.17, 15) is 4.79 Å². The number of hydrogen-bond acceptors (Lipinski definition) is 4. The topological polar surface area (TPSA) is 80.0 Å². The molecule has 0 spiro atoms. The Morgan fingerprint density at radius 2 is 2.29 bits per heavy atom. The zero-order valence-corrected chi connectivity index (χ0v) is 8.66. The third kappa shape index (κ3) is 1.46. The minimum atomic E-state index is -0.955. The molecule has 6 heteroatoms. The SMILES string of the molecule is O=C(O)c1ccc2c(c1)-c1cnnn1C=CN2. The van der Waals surface area contributed by atoms with Gasteiger partial charge in [0, 0.05) is 23.7 Å². The number of anilines is 1. The van der Waals surface area contributed by atoms with E-state index < -0.39 is 5.97 Å². The van der Waals surface area contributed by atoms with Crippen molar-refractivity contribution >= 4 is 17.9 Å². The second kappa shape index (κ2) is 3.44. The number of aromatic carboxylic acids is 1. The Labute approximate surface area is 96.2 Å². The maximum Gasteiger partial charge on any atom is 0.335 e. The molecule has 6 nitrogen and oxygen atoms in total. The van der Waals surface area contributed by atoms with Gasteiger partial charge in [0.15, 0.2) is 0 Å². The summed E-state index contributed by atoms with van der Waals surface area (Å²) in [5.41, 5.74) is 2.58. The van der Waals surface area contributed by atoms with Crippen molar-refractivity contribution in [2.75, 3.05) is 5.32 Å². The summed E-state index contributed by atoms with van der Waals surface area (Å²) in [4.78, 5) is 10.9. The van der Waals surface area contributed by atoms with Gasteiger partial charge in [0.2, 0.25) is 0 Å². The Morgan fingerprint density at radius 1 is 1.41 bits per heavy atom. The molecule has 0 unspecified atom stereocenters. The molecule has 0 amide bonds. The lowest BCUT2D eigenvalue weighted by atomic mass is 10.1. The average molecular weight is 228 g/mol. The van der Waals surface area contributed by atoms with E-state index in [-0.39, 0.29) is 5.56 Å². The first-order valence-corrected chi connectivity index (χ1v) is 4.97. The predicted molar refractivity (Wildman–Crippen MR) is 61.4 cm³/mol. The van der Waals surface area contributed by atoms with Crippen LogP contribution in [0.1, 0.15) is 10.4 Å². The fraction of sp³-hybridized carbons (Fsp3) is 0. The molecule has 0 radical (unpaired) electrons. The van der Waals surface area contributed by atoms with Crippen LogP contribution in [0.4, 0.5) is 5.69 Å². The van der Waals surface area contributed by atoms with Crippen LogP contribution >= 0.6 is 0 Å². The second-order valence-corrected chi connectivity index (χ2v) is 3.59. The van der Waals surface area contributed by atoms with Crippen LogP contribution in [0.5, 0.6) is 0 Å². The van der Waals surface area contributed by atoms with Crippen LogP contribution in [0, 0.1) is 0 Å². The van der Waals surface area contributed by atoms with Crippen molar-refractivity contribution in [2.24, 2.45) is 0 Å². The summed E-state index contributed by atoms with van der Waals surface area (Å²) >= 11 is 0. The van der Waals surface area contributed by atoms with E-state index >= 15 is 0 Å². The van der Waals surface area contributed by atoms with E-state index in [1.54, 1.807) is 41.5 Å². The minimum Gasteiger partial charge on any atom is -0.478 e. The summed E-state index contributed by atoms with van der Waals surface area (Å²) in [7, 11) is 0. The molecule has 0 saturated carbocycles. The molecular formula is C11H8N4O2. The van der Waals surface area contributed by atoms with Crippen molar-refractivity contribution in [2.45, 2.75) is 0 Å². The standard InChI is InChI=1S/C11H8N4O2/c16-11(17)7-1-2-9-8(5-7)10-6-13-14-15(10)4-3-12-9/h1-6,12H,(H,16,17). The van der Waals surface area contributed by atoms with Gasteiger partial charge in [-0.05, 0) is 18.2 Å². The first-order valence-electron chi connectivity index (χ1n) is 4.97. The van der Waals surface area contributed by atoms with Gasteiger partial charge in [0.1, 0.15) is 0 Å². The Kier molecular flexibility index (Phi) is 1.94. The molecule has 0 aliphatic carbocycles. The van der Waals surface area contributed by atoms with Gasteiger partial charge >= 0.3 is 5.97 Å².